The molecule has 1 unspecified atom stereocenters. The average Bonchev–Trinajstić information content (AvgIpc) is 2.66. The first kappa shape index (κ1) is 29.1. The Hall–Kier alpha value is -1.14. The van der Waals surface area contributed by atoms with Gasteiger partial charge in [-0.1, -0.05) is 90.4 Å². The summed E-state index contributed by atoms with van der Waals surface area (Å²) in [7, 11) is 0. The van der Waals surface area contributed by atoms with Gasteiger partial charge in [-0.15, -0.1) is 0 Å². The molecule has 0 amide bonds. The summed E-state index contributed by atoms with van der Waals surface area (Å²) in [5.74, 6) is -1.55. The number of aliphatic carboxylic acids is 2. The van der Waals surface area contributed by atoms with Crippen molar-refractivity contribution in [1.29, 1.82) is 0 Å². The average molecular weight is 403 g/mol. The van der Waals surface area contributed by atoms with Gasteiger partial charge in [0, 0.05) is 6.42 Å². The molecule has 0 rings (SSSR count). The van der Waals surface area contributed by atoms with Crippen LogP contribution in [0.15, 0.2) is 0 Å². The maximum Gasteiger partial charge on any atom is 0.320 e. The molecule has 6 N–H and O–H groups in total. The second-order valence-electron chi connectivity index (χ2n) is 7.62. The molecule has 1 atom stereocenters. The largest absolute Gasteiger partial charge is 0.481 e. The number of carbonyl (C=O) groups is 2. The Bertz CT molecular complexity index is 351. The van der Waals surface area contributed by atoms with Crippen LogP contribution in [0.5, 0.6) is 0 Å². The molecule has 0 aromatic rings. The third-order valence-corrected chi connectivity index (χ3v) is 4.78. The molecule has 0 saturated heterocycles. The van der Waals surface area contributed by atoms with E-state index in [2.05, 4.69) is 6.92 Å². The second-order valence-corrected chi connectivity index (χ2v) is 7.62. The van der Waals surface area contributed by atoms with E-state index in [9.17, 15) is 9.59 Å². The Morgan fingerprint density at radius 2 is 1.14 bits per heavy atom. The van der Waals surface area contributed by atoms with E-state index in [0.29, 0.717) is 12.8 Å². The van der Waals surface area contributed by atoms with Crippen LogP contribution in [-0.4, -0.2) is 34.7 Å². The summed E-state index contributed by atoms with van der Waals surface area (Å²) in [4.78, 5) is 20.6. The highest BCUT2D eigenvalue weighted by atomic mass is 16.4. The summed E-state index contributed by atoms with van der Waals surface area (Å²) in [6.45, 7) is 3.00. The van der Waals surface area contributed by atoms with E-state index in [-0.39, 0.29) is 0 Å². The van der Waals surface area contributed by atoms with Crippen LogP contribution in [-0.2, 0) is 9.59 Å². The molecule has 0 fully saturated rings. The summed E-state index contributed by atoms with van der Waals surface area (Å²) in [5, 5.41) is 16.9. The summed E-state index contributed by atoms with van der Waals surface area (Å²) in [6.07, 6.45) is 18.6. The van der Waals surface area contributed by atoms with Gasteiger partial charge in [0.15, 0.2) is 0 Å². The predicted molar refractivity (Wildman–Crippen MR) is 116 cm³/mol. The minimum Gasteiger partial charge on any atom is -0.481 e. The lowest BCUT2D eigenvalue weighted by Gasteiger charge is -2.05. The van der Waals surface area contributed by atoms with Gasteiger partial charge in [0.2, 0.25) is 0 Å². The monoisotopic (exact) mass is 402 g/mol. The first-order chi connectivity index (χ1) is 13.5. The van der Waals surface area contributed by atoms with Crippen LogP contribution < -0.4 is 11.5 Å². The van der Waals surface area contributed by atoms with Crippen molar-refractivity contribution in [1.82, 2.24) is 0 Å². The van der Waals surface area contributed by atoms with Gasteiger partial charge >= 0.3 is 11.9 Å². The molecule has 28 heavy (non-hydrogen) atoms. The molecule has 0 aromatic heterocycles. The fourth-order valence-corrected chi connectivity index (χ4v) is 2.93. The van der Waals surface area contributed by atoms with E-state index in [1.165, 1.54) is 64.2 Å². The van der Waals surface area contributed by atoms with Crippen LogP contribution in [0.3, 0.4) is 0 Å². The molecule has 0 aromatic carbocycles. The Labute approximate surface area is 172 Å². The number of carboxylic acid groups (broad SMARTS) is 2. The molecular formula is C22H46N2O4. The standard InChI is InChI=1S/2C11H23NO2/c1-2-3-4-5-6-7-8-9-10(12)11(13)14;12-10-8-6-4-2-1-3-5-7-9-11(13)14/h10H,2-9,12H2,1H3,(H,13,14);1-10,12H2,(H,13,14). The van der Waals surface area contributed by atoms with Crippen molar-refractivity contribution in [2.24, 2.45) is 11.5 Å². The zero-order chi connectivity index (χ0) is 21.5. The molecule has 0 aliphatic rings. The quantitative estimate of drug-likeness (QED) is 0.223. The maximum atomic E-state index is 10.4. The van der Waals surface area contributed by atoms with Gasteiger partial charge in [-0.2, -0.15) is 0 Å². The molecule has 6 nitrogen and oxygen atoms in total. The number of rotatable bonds is 19. The summed E-state index contributed by atoms with van der Waals surface area (Å²) in [6, 6.07) is -0.661. The van der Waals surface area contributed by atoms with Gasteiger partial charge in [0.1, 0.15) is 6.04 Å². The number of nitrogens with two attached hydrogens (primary N) is 2. The number of carboxylic acids is 2. The van der Waals surface area contributed by atoms with Gasteiger partial charge in [0.05, 0.1) is 0 Å². The third kappa shape index (κ3) is 27.1. The van der Waals surface area contributed by atoms with E-state index in [0.717, 1.165) is 38.6 Å². The van der Waals surface area contributed by atoms with Crippen molar-refractivity contribution >= 4 is 11.9 Å². The molecule has 0 spiro atoms. The van der Waals surface area contributed by atoms with Crippen LogP contribution in [0.4, 0.5) is 0 Å². The molecule has 0 bridgehead atoms. The molecule has 0 aliphatic carbocycles. The molecule has 0 radical (unpaired) electrons. The minimum absolute atomic E-state index is 0.327. The smallest absolute Gasteiger partial charge is 0.320 e. The zero-order valence-corrected chi connectivity index (χ0v) is 18.2. The first-order valence-corrected chi connectivity index (χ1v) is 11.4. The lowest BCUT2D eigenvalue weighted by Crippen LogP contribution is -2.29. The molecule has 168 valence electrons. The van der Waals surface area contributed by atoms with E-state index in [1.54, 1.807) is 0 Å². The van der Waals surface area contributed by atoms with Crippen molar-refractivity contribution < 1.29 is 19.8 Å². The molecule has 0 aliphatic heterocycles. The maximum absolute atomic E-state index is 10.4. The highest BCUT2D eigenvalue weighted by Gasteiger charge is 2.09. The number of hydrogen-bond acceptors (Lipinski definition) is 4. The van der Waals surface area contributed by atoms with Crippen molar-refractivity contribution in [3.05, 3.63) is 0 Å². The number of hydrogen-bond donors (Lipinski definition) is 4. The lowest BCUT2D eigenvalue weighted by atomic mass is 10.1. The Kier molecular flexibility index (Phi) is 24.8. The van der Waals surface area contributed by atoms with E-state index in [1.807, 2.05) is 0 Å². The van der Waals surface area contributed by atoms with Crippen LogP contribution in [0.2, 0.25) is 0 Å². The van der Waals surface area contributed by atoms with Gasteiger partial charge in [-0.05, 0) is 25.8 Å². The Morgan fingerprint density at radius 3 is 1.57 bits per heavy atom. The van der Waals surface area contributed by atoms with Crippen molar-refractivity contribution in [3.8, 4) is 0 Å². The Balaban J connectivity index is 0. The third-order valence-electron chi connectivity index (χ3n) is 4.78. The molecular weight excluding hydrogens is 356 g/mol. The highest BCUT2D eigenvalue weighted by Crippen LogP contribution is 2.10. The van der Waals surface area contributed by atoms with E-state index < -0.39 is 18.0 Å². The Morgan fingerprint density at radius 1 is 0.714 bits per heavy atom. The molecule has 0 saturated carbocycles. The SMILES string of the molecule is CCCCCCCCCC(N)C(=O)O.NCCCCCCCCCCC(=O)O. The van der Waals surface area contributed by atoms with Crippen molar-refractivity contribution in [2.45, 2.75) is 122 Å². The van der Waals surface area contributed by atoms with Gasteiger partial charge in [0.25, 0.3) is 0 Å². The highest BCUT2D eigenvalue weighted by molar-refractivity contribution is 5.72. The molecule has 6 heteroatoms. The summed E-state index contributed by atoms with van der Waals surface area (Å²) < 4.78 is 0. The molecule has 0 heterocycles. The lowest BCUT2D eigenvalue weighted by molar-refractivity contribution is -0.139. The normalized spacial score (nSPS) is 11.5. The number of unbranched alkanes of at least 4 members (excludes halogenated alkanes) is 13. The fourth-order valence-electron chi connectivity index (χ4n) is 2.93. The van der Waals surface area contributed by atoms with Crippen LogP contribution in [0, 0.1) is 0 Å². The fraction of sp³-hybridized carbons (Fsp3) is 0.909. The van der Waals surface area contributed by atoms with E-state index >= 15 is 0 Å². The predicted octanol–water partition coefficient (Wildman–Crippen LogP) is 5.08. The van der Waals surface area contributed by atoms with Gasteiger partial charge in [-0.25, -0.2) is 0 Å². The first-order valence-electron chi connectivity index (χ1n) is 11.4. The summed E-state index contributed by atoms with van der Waals surface area (Å²) in [5.41, 5.74) is 10.8. The van der Waals surface area contributed by atoms with Crippen LogP contribution in [0.25, 0.3) is 0 Å². The van der Waals surface area contributed by atoms with Crippen LogP contribution >= 0.6 is 0 Å². The van der Waals surface area contributed by atoms with Gasteiger partial charge < -0.3 is 21.7 Å². The zero-order valence-electron chi connectivity index (χ0n) is 18.2. The van der Waals surface area contributed by atoms with Crippen LogP contribution in [0.1, 0.15) is 116 Å². The summed E-state index contributed by atoms with van der Waals surface area (Å²) >= 11 is 0. The van der Waals surface area contributed by atoms with Gasteiger partial charge in [-0.3, -0.25) is 9.59 Å². The van der Waals surface area contributed by atoms with Crippen molar-refractivity contribution in [2.75, 3.05) is 6.54 Å². The van der Waals surface area contributed by atoms with E-state index in [4.69, 9.17) is 21.7 Å². The minimum atomic E-state index is -0.879. The topological polar surface area (TPSA) is 127 Å². The van der Waals surface area contributed by atoms with Crippen molar-refractivity contribution in [3.63, 3.8) is 0 Å². The second kappa shape index (κ2) is 23.9.